The van der Waals surface area contributed by atoms with E-state index in [1.165, 1.54) is 90.0 Å². The SMILES string of the molecule is CCCCCC[C@@H]1CC[C@H]2CCCCC23CC[C@H](SC#N)CN13. The van der Waals surface area contributed by atoms with Crippen LogP contribution in [0.25, 0.3) is 0 Å². The third kappa shape index (κ3) is 3.74. The monoisotopic (exact) mass is 334 g/mol. The molecule has 3 heteroatoms. The van der Waals surface area contributed by atoms with Crippen molar-refractivity contribution in [3.63, 3.8) is 0 Å². The molecule has 0 radical (unpaired) electrons. The maximum absolute atomic E-state index is 9.11. The molecule has 0 N–H and O–H groups in total. The van der Waals surface area contributed by atoms with E-state index in [0.717, 1.165) is 12.0 Å². The van der Waals surface area contributed by atoms with Crippen molar-refractivity contribution in [2.45, 2.75) is 107 Å². The molecule has 2 aliphatic heterocycles. The highest BCUT2D eigenvalue weighted by atomic mass is 32.2. The lowest BCUT2D eigenvalue weighted by Gasteiger charge is -2.61. The molecule has 2 heterocycles. The van der Waals surface area contributed by atoms with Gasteiger partial charge in [0.1, 0.15) is 5.40 Å². The van der Waals surface area contributed by atoms with Crippen molar-refractivity contribution in [2.75, 3.05) is 6.54 Å². The molecule has 3 rings (SSSR count). The van der Waals surface area contributed by atoms with Crippen LogP contribution in [0.4, 0.5) is 0 Å². The molecule has 0 bridgehead atoms. The van der Waals surface area contributed by atoms with Gasteiger partial charge in [0.2, 0.25) is 0 Å². The maximum Gasteiger partial charge on any atom is 0.133 e. The van der Waals surface area contributed by atoms with E-state index in [1.807, 2.05) is 0 Å². The van der Waals surface area contributed by atoms with E-state index >= 15 is 0 Å². The second kappa shape index (κ2) is 8.26. The molecule has 1 spiro atoms. The minimum Gasteiger partial charge on any atom is -0.293 e. The molecule has 0 amide bonds. The number of hydrogen-bond acceptors (Lipinski definition) is 3. The lowest BCUT2D eigenvalue weighted by atomic mass is 9.62. The van der Waals surface area contributed by atoms with E-state index in [9.17, 15) is 0 Å². The third-order valence-corrected chi connectivity index (χ3v) is 7.77. The summed E-state index contributed by atoms with van der Waals surface area (Å²) in [6, 6.07) is 0.809. The van der Waals surface area contributed by atoms with E-state index in [2.05, 4.69) is 17.2 Å². The molecular formula is C20H34N2S. The molecule has 2 saturated heterocycles. The van der Waals surface area contributed by atoms with Crippen LogP contribution in [-0.4, -0.2) is 28.3 Å². The van der Waals surface area contributed by atoms with Crippen molar-refractivity contribution in [2.24, 2.45) is 5.92 Å². The summed E-state index contributed by atoms with van der Waals surface area (Å²) in [7, 11) is 0. The van der Waals surface area contributed by atoms with Gasteiger partial charge >= 0.3 is 0 Å². The van der Waals surface area contributed by atoms with E-state index in [4.69, 9.17) is 5.26 Å². The summed E-state index contributed by atoms with van der Waals surface area (Å²) in [6.07, 6.45) is 18.3. The molecule has 0 aromatic heterocycles. The lowest BCUT2D eigenvalue weighted by molar-refractivity contribution is -0.0926. The highest BCUT2D eigenvalue weighted by molar-refractivity contribution is 8.04. The summed E-state index contributed by atoms with van der Waals surface area (Å²) in [5.41, 5.74) is 0.526. The molecule has 3 fully saturated rings. The van der Waals surface area contributed by atoms with E-state index in [0.29, 0.717) is 10.8 Å². The van der Waals surface area contributed by atoms with Crippen LogP contribution in [0.3, 0.4) is 0 Å². The van der Waals surface area contributed by atoms with Gasteiger partial charge in [-0.2, -0.15) is 5.26 Å². The third-order valence-electron chi connectivity index (χ3n) is 6.94. The molecule has 1 saturated carbocycles. The van der Waals surface area contributed by atoms with Gasteiger partial charge in [-0.05, 0) is 62.6 Å². The van der Waals surface area contributed by atoms with Crippen molar-refractivity contribution in [1.82, 2.24) is 4.90 Å². The number of rotatable bonds is 6. The van der Waals surface area contributed by atoms with Crippen molar-refractivity contribution in [3.05, 3.63) is 0 Å². The molecule has 0 aromatic rings. The molecule has 3 aliphatic rings. The second-order valence-electron chi connectivity index (χ2n) is 8.15. The average molecular weight is 335 g/mol. The van der Waals surface area contributed by atoms with Gasteiger partial charge < -0.3 is 0 Å². The zero-order chi connectivity index (χ0) is 16.1. The van der Waals surface area contributed by atoms with Gasteiger partial charge in [-0.25, -0.2) is 0 Å². The van der Waals surface area contributed by atoms with Crippen LogP contribution in [0.5, 0.6) is 0 Å². The quantitative estimate of drug-likeness (QED) is 0.458. The van der Waals surface area contributed by atoms with E-state index < -0.39 is 0 Å². The Hall–Kier alpha value is -0.200. The van der Waals surface area contributed by atoms with E-state index in [-0.39, 0.29) is 0 Å². The molecule has 0 aromatic carbocycles. The summed E-state index contributed by atoms with van der Waals surface area (Å²) in [4.78, 5) is 2.95. The first kappa shape index (κ1) is 17.6. The van der Waals surface area contributed by atoms with Gasteiger partial charge in [0.25, 0.3) is 0 Å². The number of thioether (sulfide) groups is 1. The average Bonchev–Trinajstić information content (AvgIpc) is 2.58. The Kier molecular flexibility index (Phi) is 6.32. The molecular weight excluding hydrogens is 300 g/mol. The Bertz CT molecular complexity index is 418. The number of unbranched alkanes of at least 4 members (excludes halogenated alkanes) is 3. The van der Waals surface area contributed by atoms with E-state index in [1.54, 1.807) is 11.8 Å². The van der Waals surface area contributed by atoms with Crippen molar-refractivity contribution in [1.29, 1.82) is 5.26 Å². The van der Waals surface area contributed by atoms with Crippen LogP contribution in [-0.2, 0) is 0 Å². The smallest absolute Gasteiger partial charge is 0.133 e. The molecule has 1 aliphatic carbocycles. The fourth-order valence-electron chi connectivity index (χ4n) is 5.80. The molecule has 1 unspecified atom stereocenters. The first-order valence-corrected chi connectivity index (χ1v) is 11.0. The lowest BCUT2D eigenvalue weighted by Crippen LogP contribution is -2.65. The molecule has 2 nitrogen and oxygen atoms in total. The fraction of sp³-hybridized carbons (Fsp3) is 0.950. The van der Waals surface area contributed by atoms with Gasteiger partial charge in [-0.1, -0.05) is 45.4 Å². The van der Waals surface area contributed by atoms with Crippen molar-refractivity contribution in [3.8, 4) is 5.40 Å². The Morgan fingerprint density at radius 1 is 1.09 bits per heavy atom. The van der Waals surface area contributed by atoms with Crippen LogP contribution < -0.4 is 0 Å². The highest BCUT2D eigenvalue weighted by Crippen LogP contribution is 2.52. The predicted molar refractivity (Wildman–Crippen MR) is 99.4 cm³/mol. The number of piperidine rings is 2. The normalized spacial score (nSPS) is 37.7. The van der Waals surface area contributed by atoms with Crippen LogP contribution in [0.15, 0.2) is 0 Å². The zero-order valence-corrected chi connectivity index (χ0v) is 15.8. The number of nitrogens with zero attached hydrogens (tertiary/aromatic N) is 2. The van der Waals surface area contributed by atoms with Gasteiger partial charge in [0.05, 0.1) is 0 Å². The Labute approximate surface area is 147 Å². The molecule has 23 heavy (non-hydrogen) atoms. The van der Waals surface area contributed by atoms with Crippen LogP contribution >= 0.6 is 11.8 Å². The van der Waals surface area contributed by atoms with Crippen molar-refractivity contribution >= 4 is 11.8 Å². The summed E-state index contributed by atoms with van der Waals surface area (Å²) in [6.45, 7) is 3.49. The largest absolute Gasteiger partial charge is 0.293 e. The first-order chi connectivity index (χ1) is 11.3. The highest BCUT2D eigenvalue weighted by Gasteiger charge is 2.52. The van der Waals surface area contributed by atoms with Crippen LogP contribution in [0.2, 0.25) is 0 Å². The Morgan fingerprint density at radius 3 is 2.83 bits per heavy atom. The number of nitriles is 1. The number of thiocyanates is 1. The Morgan fingerprint density at radius 2 is 2.00 bits per heavy atom. The summed E-state index contributed by atoms with van der Waals surface area (Å²) < 4.78 is 0. The fourth-order valence-corrected chi connectivity index (χ4v) is 6.42. The van der Waals surface area contributed by atoms with Gasteiger partial charge in [-0.15, -0.1) is 0 Å². The molecule has 130 valence electrons. The minimum atomic E-state index is 0.526. The van der Waals surface area contributed by atoms with Gasteiger partial charge in [0, 0.05) is 23.4 Å². The van der Waals surface area contributed by atoms with Crippen LogP contribution in [0, 0.1) is 16.6 Å². The number of hydrogen-bond donors (Lipinski definition) is 0. The predicted octanol–water partition coefficient (Wildman–Crippen LogP) is 5.73. The summed E-state index contributed by atoms with van der Waals surface area (Å²) in [5, 5.41) is 12.0. The van der Waals surface area contributed by atoms with Crippen molar-refractivity contribution < 1.29 is 0 Å². The second-order valence-corrected chi connectivity index (χ2v) is 9.23. The van der Waals surface area contributed by atoms with Crippen LogP contribution in [0.1, 0.15) is 90.4 Å². The maximum atomic E-state index is 9.11. The topological polar surface area (TPSA) is 27.0 Å². The minimum absolute atomic E-state index is 0.526. The van der Waals surface area contributed by atoms with Gasteiger partial charge in [0.15, 0.2) is 0 Å². The molecule has 4 atom stereocenters. The summed E-state index contributed by atoms with van der Waals surface area (Å²) >= 11 is 1.54. The van der Waals surface area contributed by atoms with Gasteiger partial charge in [-0.3, -0.25) is 4.90 Å². The first-order valence-electron chi connectivity index (χ1n) is 10.1. The summed E-state index contributed by atoms with van der Waals surface area (Å²) in [5.74, 6) is 0.955. The Balaban J connectivity index is 1.70. The zero-order valence-electron chi connectivity index (χ0n) is 14.9. The standard InChI is InChI=1S/C20H34N2S/c1-2-3-4-5-9-18-11-10-17-8-6-7-13-20(17)14-12-19(23-16-21)15-22(18)20/h17-19H,2-15H2,1H3/t17-,18-,19+,20?/m1/s1.